The fourth-order valence-corrected chi connectivity index (χ4v) is 3.07. The van der Waals surface area contributed by atoms with Gasteiger partial charge in [-0.2, -0.15) is 5.10 Å². The van der Waals surface area contributed by atoms with Crippen LogP contribution in [0.5, 0.6) is 5.75 Å². The number of amides is 1. The molecule has 0 radical (unpaired) electrons. The van der Waals surface area contributed by atoms with E-state index >= 15 is 0 Å². The summed E-state index contributed by atoms with van der Waals surface area (Å²) in [5.41, 5.74) is 2.18. The molecule has 1 aromatic heterocycles. The van der Waals surface area contributed by atoms with E-state index in [1.54, 1.807) is 43.0 Å². The van der Waals surface area contributed by atoms with Crippen molar-refractivity contribution >= 4 is 11.9 Å². The van der Waals surface area contributed by atoms with E-state index in [2.05, 4.69) is 10.4 Å². The van der Waals surface area contributed by atoms with Gasteiger partial charge in [0.05, 0.1) is 31.2 Å². The van der Waals surface area contributed by atoms with Gasteiger partial charge in [0.2, 0.25) is 5.91 Å². The summed E-state index contributed by atoms with van der Waals surface area (Å²) < 4.78 is 6.95. The summed E-state index contributed by atoms with van der Waals surface area (Å²) in [5.74, 6) is -0.646. The molecule has 0 spiro atoms. The Morgan fingerprint density at radius 3 is 2.58 bits per heavy atom. The zero-order valence-corrected chi connectivity index (χ0v) is 15.8. The molecule has 7 heteroatoms. The Hall–Kier alpha value is -2.83. The molecule has 7 nitrogen and oxygen atoms in total. The van der Waals surface area contributed by atoms with Crippen LogP contribution in [0.4, 0.5) is 0 Å². The van der Waals surface area contributed by atoms with Crippen molar-refractivity contribution in [2.75, 3.05) is 7.11 Å². The van der Waals surface area contributed by atoms with Gasteiger partial charge in [-0.15, -0.1) is 0 Å². The van der Waals surface area contributed by atoms with Crippen LogP contribution in [0.25, 0.3) is 0 Å². The number of nitrogens with one attached hydrogen (secondary N) is 1. The second-order valence-corrected chi connectivity index (χ2v) is 6.63. The third kappa shape index (κ3) is 4.22. The van der Waals surface area contributed by atoms with Crippen LogP contribution in [-0.2, 0) is 28.6 Å². The van der Waals surface area contributed by atoms with Crippen molar-refractivity contribution in [2.45, 2.75) is 39.2 Å². The highest BCUT2D eigenvalue weighted by molar-refractivity contribution is 5.81. The number of ether oxygens (including phenoxy) is 1. The molecular weight excluding hydrogens is 334 g/mol. The monoisotopic (exact) mass is 359 g/mol. The third-order valence-electron chi connectivity index (χ3n) is 4.62. The van der Waals surface area contributed by atoms with Crippen LogP contribution in [0.3, 0.4) is 0 Å². The van der Waals surface area contributed by atoms with Crippen LogP contribution in [0.15, 0.2) is 24.3 Å². The number of methoxy groups -OCH3 is 1. The summed E-state index contributed by atoms with van der Waals surface area (Å²) in [6.07, 6.45) is -0.0956. The SMILES string of the molecule is COc1cccc(C(C)(CC(=O)O)NC(=O)Cc2c(C)nn(C)c2C)c1. The molecule has 26 heavy (non-hydrogen) atoms. The Morgan fingerprint density at radius 1 is 1.35 bits per heavy atom. The first-order valence-electron chi connectivity index (χ1n) is 8.32. The molecule has 1 amide bonds. The summed E-state index contributed by atoms with van der Waals surface area (Å²) in [5, 5.41) is 16.5. The summed E-state index contributed by atoms with van der Waals surface area (Å²) in [7, 11) is 3.37. The second kappa shape index (κ2) is 7.59. The lowest BCUT2D eigenvalue weighted by Crippen LogP contribution is -2.45. The van der Waals surface area contributed by atoms with E-state index in [1.165, 1.54) is 0 Å². The first-order chi connectivity index (χ1) is 12.2. The second-order valence-electron chi connectivity index (χ2n) is 6.63. The minimum Gasteiger partial charge on any atom is -0.497 e. The molecule has 0 aliphatic rings. The van der Waals surface area contributed by atoms with Gasteiger partial charge in [-0.1, -0.05) is 12.1 Å². The van der Waals surface area contributed by atoms with Crippen LogP contribution >= 0.6 is 0 Å². The molecule has 1 unspecified atom stereocenters. The molecule has 2 rings (SSSR count). The van der Waals surface area contributed by atoms with Crippen LogP contribution in [0, 0.1) is 13.8 Å². The average molecular weight is 359 g/mol. The van der Waals surface area contributed by atoms with E-state index in [4.69, 9.17) is 4.74 Å². The molecule has 0 saturated carbocycles. The summed E-state index contributed by atoms with van der Waals surface area (Å²) in [4.78, 5) is 24.1. The van der Waals surface area contributed by atoms with Crippen molar-refractivity contribution in [1.29, 1.82) is 0 Å². The summed E-state index contributed by atoms with van der Waals surface area (Å²) >= 11 is 0. The maximum atomic E-state index is 12.7. The largest absolute Gasteiger partial charge is 0.497 e. The lowest BCUT2D eigenvalue weighted by Gasteiger charge is -2.30. The molecule has 1 aromatic carbocycles. The van der Waals surface area contributed by atoms with Crippen molar-refractivity contribution in [2.24, 2.45) is 7.05 Å². The van der Waals surface area contributed by atoms with Gasteiger partial charge in [0.25, 0.3) is 0 Å². The van der Waals surface area contributed by atoms with Crippen LogP contribution in [0.2, 0.25) is 0 Å². The number of aryl methyl sites for hydroxylation is 2. The van der Waals surface area contributed by atoms with Gasteiger partial charge in [-0.3, -0.25) is 14.3 Å². The molecule has 1 heterocycles. The van der Waals surface area contributed by atoms with Crippen molar-refractivity contribution in [1.82, 2.24) is 15.1 Å². The molecule has 0 bridgehead atoms. The first-order valence-corrected chi connectivity index (χ1v) is 8.32. The third-order valence-corrected chi connectivity index (χ3v) is 4.62. The Balaban J connectivity index is 2.29. The number of hydrogen-bond donors (Lipinski definition) is 2. The van der Waals surface area contributed by atoms with E-state index in [-0.39, 0.29) is 18.7 Å². The summed E-state index contributed by atoms with van der Waals surface area (Å²) in [6, 6.07) is 7.07. The molecule has 2 N–H and O–H groups in total. The van der Waals surface area contributed by atoms with E-state index in [0.717, 1.165) is 17.0 Å². The molecular formula is C19H25N3O4. The van der Waals surface area contributed by atoms with Crippen molar-refractivity contribution in [3.05, 3.63) is 46.8 Å². The highest BCUT2D eigenvalue weighted by Crippen LogP contribution is 2.28. The maximum Gasteiger partial charge on any atom is 0.306 e. The quantitative estimate of drug-likeness (QED) is 0.790. The van der Waals surface area contributed by atoms with Crippen LogP contribution in [-0.4, -0.2) is 33.9 Å². The Bertz CT molecular complexity index is 828. The van der Waals surface area contributed by atoms with Crippen LogP contribution < -0.4 is 10.1 Å². The van der Waals surface area contributed by atoms with E-state index in [0.29, 0.717) is 11.3 Å². The van der Waals surface area contributed by atoms with Gasteiger partial charge in [-0.05, 0) is 38.5 Å². The van der Waals surface area contributed by atoms with Crippen molar-refractivity contribution in [3.8, 4) is 5.75 Å². The van der Waals surface area contributed by atoms with Crippen LogP contribution in [0.1, 0.15) is 35.9 Å². The molecule has 0 aliphatic carbocycles. The summed E-state index contributed by atoms with van der Waals surface area (Å²) in [6.45, 7) is 5.46. The standard InChI is InChI=1S/C19H25N3O4/c1-12-16(13(2)22(4)21-12)10-17(23)20-19(3,11-18(24)25)14-7-6-8-15(9-14)26-5/h6-9H,10-11H2,1-5H3,(H,20,23)(H,24,25). The molecule has 0 aliphatic heterocycles. The number of carbonyl (C=O) groups excluding carboxylic acids is 1. The van der Waals surface area contributed by atoms with Crippen molar-refractivity contribution in [3.63, 3.8) is 0 Å². The lowest BCUT2D eigenvalue weighted by molar-refractivity contribution is -0.139. The fraction of sp³-hybridized carbons (Fsp3) is 0.421. The Kier molecular flexibility index (Phi) is 5.69. The predicted molar refractivity (Wildman–Crippen MR) is 97.1 cm³/mol. The number of aliphatic carboxylic acids is 1. The topological polar surface area (TPSA) is 93.4 Å². The molecule has 0 saturated heterocycles. The minimum absolute atomic E-state index is 0.144. The highest BCUT2D eigenvalue weighted by atomic mass is 16.5. The van der Waals surface area contributed by atoms with E-state index < -0.39 is 11.5 Å². The predicted octanol–water partition coefficient (Wildman–Crippen LogP) is 2.09. The molecule has 2 aromatic rings. The van der Waals surface area contributed by atoms with Gasteiger partial charge < -0.3 is 15.2 Å². The first kappa shape index (κ1) is 19.5. The molecule has 140 valence electrons. The number of carboxylic acid groups (broad SMARTS) is 1. The number of benzene rings is 1. The molecule has 1 atom stereocenters. The smallest absolute Gasteiger partial charge is 0.306 e. The number of carbonyl (C=O) groups is 2. The van der Waals surface area contributed by atoms with Gasteiger partial charge in [0.15, 0.2) is 0 Å². The maximum absolute atomic E-state index is 12.7. The minimum atomic E-state index is -1.05. The zero-order chi connectivity index (χ0) is 19.5. The fourth-order valence-electron chi connectivity index (χ4n) is 3.07. The van der Waals surface area contributed by atoms with Gasteiger partial charge in [0, 0.05) is 18.3 Å². The highest BCUT2D eigenvalue weighted by Gasteiger charge is 2.32. The Morgan fingerprint density at radius 2 is 2.04 bits per heavy atom. The van der Waals surface area contributed by atoms with Crippen molar-refractivity contribution < 1.29 is 19.4 Å². The van der Waals surface area contributed by atoms with Gasteiger partial charge in [0.1, 0.15) is 5.75 Å². The van der Waals surface area contributed by atoms with Gasteiger partial charge >= 0.3 is 5.97 Å². The molecule has 0 fully saturated rings. The zero-order valence-electron chi connectivity index (χ0n) is 15.8. The number of aromatic nitrogens is 2. The van der Waals surface area contributed by atoms with E-state index in [1.807, 2.05) is 20.9 Å². The lowest BCUT2D eigenvalue weighted by atomic mass is 9.88. The number of hydrogen-bond acceptors (Lipinski definition) is 4. The normalized spacial score (nSPS) is 13.1. The van der Waals surface area contributed by atoms with Gasteiger partial charge in [-0.25, -0.2) is 0 Å². The number of rotatable bonds is 7. The number of carboxylic acids is 1. The average Bonchev–Trinajstić information content (AvgIpc) is 2.80. The van der Waals surface area contributed by atoms with E-state index in [9.17, 15) is 14.7 Å². The Labute approximate surface area is 153 Å². The number of nitrogens with zero attached hydrogens (tertiary/aromatic N) is 2.